The molecule has 1 saturated carbocycles. The van der Waals surface area contributed by atoms with Gasteiger partial charge in [-0.3, -0.25) is 9.79 Å². The number of nitrogens with zero attached hydrogens (tertiary/aromatic N) is 2. The van der Waals surface area contributed by atoms with Gasteiger partial charge in [-0.05, 0) is 38.5 Å². The van der Waals surface area contributed by atoms with Crippen molar-refractivity contribution in [3.63, 3.8) is 0 Å². The number of rotatable bonds is 5. The molecule has 0 radical (unpaired) electrons. The molecule has 1 amide bonds. The van der Waals surface area contributed by atoms with Crippen LogP contribution >= 0.6 is 24.0 Å². The van der Waals surface area contributed by atoms with E-state index >= 15 is 0 Å². The molecule has 2 aliphatic rings. The summed E-state index contributed by atoms with van der Waals surface area (Å²) in [5.41, 5.74) is -0.615. The summed E-state index contributed by atoms with van der Waals surface area (Å²) in [6.45, 7) is 5.24. The van der Waals surface area contributed by atoms with E-state index in [2.05, 4.69) is 22.5 Å². The van der Waals surface area contributed by atoms with Crippen LogP contribution in [0.1, 0.15) is 58.3 Å². The van der Waals surface area contributed by atoms with Crippen LogP contribution in [0.2, 0.25) is 0 Å². The molecular weight excluding hydrogens is 431 g/mol. The summed E-state index contributed by atoms with van der Waals surface area (Å²) in [5, 5.41) is 16.7. The largest absolute Gasteiger partial charge is 0.388 e. The van der Waals surface area contributed by atoms with Crippen LogP contribution in [-0.2, 0) is 4.79 Å². The van der Waals surface area contributed by atoms with Crippen LogP contribution in [0.4, 0.5) is 0 Å². The third-order valence-electron chi connectivity index (χ3n) is 5.31. The van der Waals surface area contributed by atoms with E-state index in [0.29, 0.717) is 18.9 Å². The first kappa shape index (κ1) is 22.5. The van der Waals surface area contributed by atoms with E-state index in [-0.39, 0.29) is 29.9 Å². The maximum atomic E-state index is 11.5. The van der Waals surface area contributed by atoms with E-state index in [1.165, 1.54) is 6.42 Å². The topological polar surface area (TPSA) is 77.0 Å². The molecule has 0 spiro atoms. The SMILES string of the molecule is CCNC(=NCC1(O)CCCCC1)N1CCC(CC(=O)NC)CC1.I. The molecule has 0 aromatic rings. The van der Waals surface area contributed by atoms with Crippen LogP contribution in [-0.4, -0.2) is 60.7 Å². The Morgan fingerprint density at radius 2 is 1.88 bits per heavy atom. The van der Waals surface area contributed by atoms with Gasteiger partial charge in [0.15, 0.2) is 5.96 Å². The van der Waals surface area contributed by atoms with Gasteiger partial charge in [-0.2, -0.15) is 0 Å². The van der Waals surface area contributed by atoms with E-state index < -0.39 is 5.60 Å². The van der Waals surface area contributed by atoms with E-state index in [1.54, 1.807) is 7.05 Å². The van der Waals surface area contributed by atoms with Gasteiger partial charge in [-0.1, -0.05) is 19.3 Å². The van der Waals surface area contributed by atoms with Crippen LogP contribution in [0.3, 0.4) is 0 Å². The first-order valence-corrected chi connectivity index (χ1v) is 9.52. The fourth-order valence-electron chi connectivity index (χ4n) is 3.73. The lowest BCUT2D eigenvalue weighted by atomic mass is 9.85. The average Bonchev–Trinajstić information content (AvgIpc) is 2.60. The Morgan fingerprint density at radius 3 is 2.44 bits per heavy atom. The van der Waals surface area contributed by atoms with Crippen LogP contribution in [0.5, 0.6) is 0 Å². The highest BCUT2D eigenvalue weighted by molar-refractivity contribution is 14.0. The number of carbonyl (C=O) groups excluding carboxylic acids is 1. The van der Waals surface area contributed by atoms with Gasteiger partial charge >= 0.3 is 0 Å². The van der Waals surface area contributed by atoms with Crippen LogP contribution in [0.25, 0.3) is 0 Å². The molecule has 0 atom stereocenters. The molecule has 1 aliphatic heterocycles. The smallest absolute Gasteiger partial charge is 0.220 e. The lowest BCUT2D eigenvalue weighted by Gasteiger charge is -2.35. The van der Waals surface area contributed by atoms with Gasteiger partial charge in [0.05, 0.1) is 12.1 Å². The molecule has 1 saturated heterocycles. The van der Waals surface area contributed by atoms with Crippen molar-refractivity contribution >= 4 is 35.8 Å². The summed E-state index contributed by atoms with van der Waals surface area (Å²) in [5.74, 6) is 1.51. The van der Waals surface area contributed by atoms with Crippen LogP contribution in [0, 0.1) is 5.92 Å². The predicted molar refractivity (Wildman–Crippen MR) is 112 cm³/mol. The Morgan fingerprint density at radius 1 is 1.24 bits per heavy atom. The number of nitrogens with one attached hydrogen (secondary N) is 2. The van der Waals surface area contributed by atoms with Gasteiger partial charge in [0.2, 0.25) is 5.91 Å². The van der Waals surface area contributed by atoms with Gasteiger partial charge in [0.25, 0.3) is 0 Å². The number of carbonyl (C=O) groups is 1. The van der Waals surface area contributed by atoms with Gasteiger partial charge in [-0.25, -0.2) is 0 Å². The number of aliphatic imine (C=N–C) groups is 1. The van der Waals surface area contributed by atoms with Gasteiger partial charge in [0, 0.05) is 33.1 Å². The molecule has 0 aromatic carbocycles. The molecule has 0 unspecified atom stereocenters. The van der Waals surface area contributed by atoms with E-state index in [0.717, 1.165) is 64.1 Å². The number of guanidine groups is 1. The maximum Gasteiger partial charge on any atom is 0.220 e. The van der Waals surface area contributed by atoms with Crippen LogP contribution in [0.15, 0.2) is 4.99 Å². The average molecular weight is 466 g/mol. The molecule has 1 aliphatic carbocycles. The zero-order chi connectivity index (χ0) is 17.4. The Balaban J connectivity index is 0.00000312. The fraction of sp³-hybridized carbons (Fsp3) is 0.889. The molecule has 0 bridgehead atoms. The highest BCUT2D eigenvalue weighted by atomic mass is 127. The van der Waals surface area contributed by atoms with E-state index in [1.807, 2.05) is 0 Å². The van der Waals surface area contributed by atoms with Crippen molar-refractivity contribution in [3.8, 4) is 0 Å². The highest BCUT2D eigenvalue weighted by Crippen LogP contribution is 2.28. The summed E-state index contributed by atoms with van der Waals surface area (Å²) in [7, 11) is 1.70. The van der Waals surface area contributed by atoms with Crippen molar-refractivity contribution in [1.82, 2.24) is 15.5 Å². The Kier molecular flexibility index (Phi) is 10.1. The molecule has 1 heterocycles. The molecule has 6 nitrogen and oxygen atoms in total. The van der Waals surface area contributed by atoms with Crippen molar-refractivity contribution in [2.75, 3.05) is 33.2 Å². The van der Waals surface area contributed by atoms with Crippen molar-refractivity contribution in [1.29, 1.82) is 0 Å². The number of hydrogen-bond donors (Lipinski definition) is 3. The molecule has 146 valence electrons. The standard InChI is InChI=1S/C18H34N4O2.HI/c1-3-20-17(21-14-18(24)9-5-4-6-10-18)22-11-7-15(8-12-22)13-16(23)19-2;/h15,24H,3-14H2,1-2H3,(H,19,23)(H,20,21);1H. The van der Waals surface area contributed by atoms with E-state index in [9.17, 15) is 9.90 Å². The van der Waals surface area contributed by atoms with Crippen molar-refractivity contribution in [2.24, 2.45) is 10.9 Å². The molecular formula is C18H35IN4O2. The normalized spacial score (nSPS) is 21.4. The Labute approximate surface area is 169 Å². The fourth-order valence-corrected chi connectivity index (χ4v) is 3.73. The molecule has 7 heteroatoms. The second-order valence-electron chi connectivity index (χ2n) is 7.26. The number of piperidine rings is 1. The molecule has 0 aromatic heterocycles. The third kappa shape index (κ3) is 7.29. The summed E-state index contributed by atoms with van der Waals surface area (Å²) in [6.07, 6.45) is 7.82. The van der Waals surface area contributed by atoms with Crippen molar-refractivity contribution in [3.05, 3.63) is 0 Å². The Hall–Kier alpha value is -0.570. The molecule has 2 fully saturated rings. The second-order valence-corrected chi connectivity index (χ2v) is 7.26. The van der Waals surface area contributed by atoms with Crippen molar-refractivity contribution in [2.45, 2.75) is 63.9 Å². The monoisotopic (exact) mass is 466 g/mol. The summed E-state index contributed by atoms with van der Waals surface area (Å²) in [4.78, 5) is 18.5. The van der Waals surface area contributed by atoms with Crippen LogP contribution < -0.4 is 10.6 Å². The predicted octanol–water partition coefficient (Wildman–Crippen LogP) is 2.11. The number of halogens is 1. The Bertz CT molecular complexity index is 431. The summed E-state index contributed by atoms with van der Waals surface area (Å²) in [6, 6.07) is 0. The quantitative estimate of drug-likeness (QED) is 0.330. The molecule has 2 rings (SSSR count). The zero-order valence-corrected chi connectivity index (χ0v) is 18.1. The number of aliphatic hydroxyl groups is 1. The first-order valence-electron chi connectivity index (χ1n) is 9.52. The van der Waals surface area contributed by atoms with Gasteiger partial charge in [0.1, 0.15) is 0 Å². The third-order valence-corrected chi connectivity index (χ3v) is 5.31. The summed E-state index contributed by atoms with van der Waals surface area (Å²) >= 11 is 0. The minimum atomic E-state index is -0.615. The lowest BCUT2D eigenvalue weighted by molar-refractivity contribution is -0.121. The number of amides is 1. The number of hydrogen-bond acceptors (Lipinski definition) is 3. The van der Waals surface area contributed by atoms with Crippen molar-refractivity contribution < 1.29 is 9.90 Å². The lowest BCUT2D eigenvalue weighted by Crippen LogP contribution is -2.47. The maximum absolute atomic E-state index is 11.5. The molecule has 25 heavy (non-hydrogen) atoms. The highest BCUT2D eigenvalue weighted by Gasteiger charge is 2.29. The zero-order valence-electron chi connectivity index (χ0n) is 15.7. The molecule has 3 N–H and O–H groups in total. The minimum Gasteiger partial charge on any atom is -0.388 e. The van der Waals surface area contributed by atoms with Gasteiger partial charge in [-0.15, -0.1) is 24.0 Å². The number of likely N-dealkylation sites (tertiary alicyclic amines) is 1. The van der Waals surface area contributed by atoms with Gasteiger partial charge < -0.3 is 20.6 Å². The minimum absolute atomic E-state index is 0. The van der Waals surface area contributed by atoms with E-state index in [4.69, 9.17) is 4.99 Å². The summed E-state index contributed by atoms with van der Waals surface area (Å²) < 4.78 is 0. The second kappa shape index (κ2) is 11.2. The first-order chi connectivity index (χ1) is 11.6.